The van der Waals surface area contributed by atoms with Gasteiger partial charge < -0.3 is 0 Å². The Kier molecular flexibility index (Phi) is 20.8. The van der Waals surface area contributed by atoms with Crippen molar-refractivity contribution in [2.75, 3.05) is 30.8 Å². The Balaban J connectivity index is 0. The van der Waals surface area contributed by atoms with Crippen LogP contribution in [0, 0.1) is 0 Å². The van der Waals surface area contributed by atoms with E-state index < -0.39 is 0 Å². The molecule has 0 aromatic rings. The number of hydrogen-bond donors (Lipinski definition) is 0. The summed E-state index contributed by atoms with van der Waals surface area (Å²) in [5, 5.41) is 2.32. The molecule has 0 spiro atoms. The van der Waals surface area contributed by atoms with Gasteiger partial charge in [-0.05, 0) is 19.9 Å². The first-order valence-corrected chi connectivity index (χ1v) is 7.99. The van der Waals surface area contributed by atoms with Crippen molar-refractivity contribution in [2.45, 2.75) is 25.7 Å². The number of rotatable bonds is 9. The van der Waals surface area contributed by atoms with E-state index in [1.54, 1.807) is 0 Å². The molecule has 0 saturated heterocycles. The van der Waals surface area contributed by atoms with Crippen molar-refractivity contribution in [1.29, 1.82) is 0 Å². The molecule has 0 fully saturated rings. The minimum atomic E-state index is 0.937. The number of alkyl halides is 2. The van der Waals surface area contributed by atoms with Gasteiger partial charge in [0.05, 0.1) is 0 Å². The Bertz CT molecular complexity index is 133. The average molecular weight is 355 g/mol. The molecule has 0 aromatic carbocycles. The highest BCUT2D eigenvalue weighted by Crippen LogP contribution is 2.02. The van der Waals surface area contributed by atoms with Crippen LogP contribution in [-0.2, 0) is 0 Å². The number of likely N-dealkylation sites (N-methyl/N-ethyl adjacent to an activating group) is 1. The van der Waals surface area contributed by atoms with Crippen LogP contribution in [0.25, 0.3) is 0 Å². The topological polar surface area (TPSA) is 3.24 Å². The van der Waals surface area contributed by atoms with E-state index >= 15 is 0 Å². The van der Waals surface area contributed by atoms with Crippen molar-refractivity contribution in [3.8, 4) is 0 Å². The number of hydrogen-bond acceptors (Lipinski definition) is 1. The van der Waals surface area contributed by atoms with Crippen molar-refractivity contribution in [2.24, 2.45) is 0 Å². The highest BCUT2D eigenvalue weighted by molar-refractivity contribution is 9.09. The van der Waals surface area contributed by atoms with Crippen LogP contribution in [0.5, 0.6) is 0 Å². The van der Waals surface area contributed by atoms with Gasteiger partial charge in [0.1, 0.15) is 0 Å². The maximum Gasteiger partial charge on any atom is 0.0160 e. The van der Waals surface area contributed by atoms with Crippen molar-refractivity contribution in [3.05, 3.63) is 25.3 Å². The quantitative estimate of drug-likeness (QED) is 0.331. The van der Waals surface area contributed by atoms with E-state index in [2.05, 4.69) is 49.9 Å². The summed E-state index contributed by atoms with van der Waals surface area (Å²) in [5.74, 6) is 0. The molecule has 0 atom stereocenters. The summed E-state index contributed by atoms with van der Waals surface area (Å²) in [4.78, 5) is 2.12. The lowest BCUT2D eigenvalue weighted by Gasteiger charge is -2.09. The average Bonchev–Trinajstić information content (AvgIpc) is 2.26. The van der Waals surface area contributed by atoms with Crippen LogP contribution in [0.2, 0.25) is 0 Å². The minimum Gasteiger partial charge on any atom is -0.299 e. The third kappa shape index (κ3) is 19.9. The number of unbranched alkanes of at least 4 members (excludes halogenated alkanes) is 3. The minimum absolute atomic E-state index is 0.937. The molecule has 96 valence electrons. The second-order valence-electron chi connectivity index (χ2n) is 3.59. The first-order chi connectivity index (χ1) is 7.72. The molecule has 0 radical (unpaired) electrons. The Morgan fingerprint density at radius 3 is 1.50 bits per heavy atom. The monoisotopic (exact) mass is 353 g/mol. The van der Waals surface area contributed by atoms with E-state index in [-0.39, 0.29) is 0 Å². The molecule has 16 heavy (non-hydrogen) atoms. The molecule has 3 heteroatoms. The molecule has 0 amide bonds. The van der Waals surface area contributed by atoms with Crippen molar-refractivity contribution in [1.82, 2.24) is 4.90 Å². The summed E-state index contributed by atoms with van der Waals surface area (Å²) in [6.07, 6.45) is 9.15. The zero-order chi connectivity index (χ0) is 12.6. The molecule has 0 aliphatic rings. The Morgan fingerprint density at radius 2 is 1.25 bits per heavy atom. The van der Waals surface area contributed by atoms with Gasteiger partial charge in [0.2, 0.25) is 0 Å². The lowest BCUT2D eigenvalue weighted by atomic mass is 10.2. The molecule has 0 bridgehead atoms. The van der Waals surface area contributed by atoms with Crippen LogP contribution in [0.4, 0.5) is 0 Å². The van der Waals surface area contributed by atoms with Gasteiger partial charge in [-0.1, -0.05) is 56.9 Å². The van der Waals surface area contributed by atoms with Crippen LogP contribution in [-0.4, -0.2) is 35.7 Å². The normalized spacial score (nSPS) is 9.50. The Morgan fingerprint density at radius 1 is 0.875 bits per heavy atom. The van der Waals surface area contributed by atoms with Crippen molar-refractivity contribution < 1.29 is 0 Å². The molecular formula is C13H25Br2N. The molecule has 0 aliphatic carbocycles. The van der Waals surface area contributed by atoms with Crippen molar-refractivity contribution in [3.63, 3.8) is 0 Å². The van der Waals surface area contributed by atoms with Gasteiger partial charge in [0, 0.05) is 23.7 Å². The molecular weight excluding hydrogens is 330 g/mol. The molecule has 0 N–H and O–H groups in total. The first-order valence-electron chi connectivity index (χ1n) is 5.75. The second-order valence-corrected chi connectivity index (χ2v) is 5.18. The predicted molar refractivity (Wildman–Crippen MR) is 83.9 cm³/mol. The zero-order valence-electron chi connectivity index (χ0n) is 10.4. The van der Waals surface area contributed by atoms with E-state index in [1.807, 2.05) is 19.2 Å². The van der Waals surface area contributed by atoms with Crippen LogP contribution in [0.1, 0.15) is 25.7 Å². The van der Waals surface area contributed by atoms with Gasteiger partial charge in [-0.15, -0.1) is 13.2 Å². The van der Waals surface area contributed by atoms with Gasteiger partial charge in [-0.2, -0.15) is 0 Å². The standard InChI is InChI=1S/C7H13N.C6H12Br2/c1-4-6-8(3)7-5-2;7-5-3-1-2-4-6-8/h4-5H,1-2,6-7H2,3H3;1-6H2. The zero-order valence-corrected chi connectivity index (χ0v) is 13.6. The van der Waals surface area contributed by atoms with E-state index in [0.717, 1.165) is 23.7 Å². The van der Waals surface area contributed by atoms with E-state index in [1.165, 1.54) is 25.7 Å². The molecule has 0 aromatic heterocycles. The van der Waals surface area contributed by atoms with Gasteiger partial charge in [0.15, 0.2) is 0 Å². The van der Waals surface area contributed by atoms with E-state index in [4.69, 9.17) is 0 Å². The van der Waals surface area contributed by atoms with Gasteiger partial charge in [0.25, 0.3) is 0 Å². The SMILES string of the molecule is BrCCCCCCBr.C=CCN(C)CC=C. The van der Waals surface area contributed by atoms with Gasteiger partial charge in [-0.3, -0.25) is 4.90 Å². The smallest absolute Gasteiger partial charge is 0.0160 e. The second kappa shape index (κ2) is 17.8. The fourth-order valence-electron chi connectivity index (χ4n) is 1.06. The fraction of sp³-hybridized carbons (Fsp3) is 0.692. The molecule has 0 saturated carbocycles. The Labute approximate surface area is 118 Å². The number of halogens is 2. The van der Waals surface area contributed by atoms with E-state index in [0.29, 0.717) is 0 Å². The lowest BCUT2D eigenvalue weighted by Crippen LogP contribution is -2.17. The van der Waals surface area contributed by atoms with Crippen molar-refractivity contribution >= 4 is 31.9 Å². The first kappa shape index (κ1) is 18.8. The molecule has 1 nitrogen and oxygen atoms in total. The third-order valence-electron chi connectivity index (χ3n) is 1.90. The molecule has 0 aliphatic heterocycles. The summed E-state index contributed by atoms with van der Waals surface area (Å²) < 4.78 is 0. The number of nitrogens with zero attached hydrogens (tertiary/aromatic N) is 1. The predicted octanol–water partition coefficient (Wildman–Crippen LogP) is 4.63. The highest BCUT2D eigenvalue weighted by atomic mass is 79.9. The summed E-state index contributed by atoms with van der Waals surface area (Å²) in [6.45, 7) is 9.09. The summed E-state index contributed by atoms with van der Waals surface area (Å²) in [7, 11) is 2.03. The maximum absolute atomic E-state index is 3.61. The van der Waals surface area contributed by atoms with Gasteiger partial charge >= 0.3 is 0 Å². The van der Waals surface area contributed by atoms with Crippen LogP contribution in [0.15, 0.2) is 25.3 Å². The highest BCUT2D eigenvalue weighted by Gasteiger charge is 1.86. The van der Waals surface area contributed by atoms with Crippen LogP contribution < -0.4 is 0 Å². The molecule has 0 heterocycles. The Hall–Kier alpha value is 0.400. The lowest BCUT2D eigenvalue weighted by molar-refractivity contribution is 0.413. The summed E-state index contributed by atoms with van der Waals surface area (Å²) in [5.41, 5.74) is 0. The maximum atomic E-state index is 3.61. The summed E-state index contributed by atoms with van der Waals surface area (Å²) >= 11 is 6.78. The third-order valence-corrected chi connectivity index (χ3v) is 3.02. The van der Waals surface area contributed by atoms with E-state index in [9.17, 15) is 0 Å². The van der Waals surface area contributed by atoms with Gasteiger partial charge in [-0.25, -0.2) is 0 Å². The largest absolute Gasteiger partial charge is 0.299 e. The fourth-order valence-corrected chi connectivity index (χ4v) is 1.85. The summed E-state index contributed by atoms with van der Waals surface area (Å²) in [6, 6.07) is 0. The van der Waals surface area contributed by atoms with Crippen LogP contribution >= 0.6 is 31.9 Å². The van der Waals surface area contributed by atoms with Crippen LogP contribution in [0.3, 0.4) is 0 Å². The molecule has 0 unspecified atom stereocenters. The molecule has 0 rings (SSSR count).